The van der Waals surface area contributed by atoms with Crippen LogP contribution in [-0.2, 0) is 14.8 Å². The summed E-state index contributed by atoms with van der Waals surface area (Å²) in [5.41, 5.74) is 0.443. The fourth-order valence-electron chi connectivity index (χ4n) is 2.50. The molecule has 0 spiro atoms. The van der Waals surface area contributed by atoms with Crippen LogP contribution in [0, 0.1) is 0 Å². The third kappa shape index (κ3) is 3.81. The van der Waals surface area contributed by atoms with Gasteiger partial charge in [-0.25, -0.2) is 13.2 Å². The van der Waals surface area contributed by atoms with Crippen LogP contribution < -0.4 is 4.72 Å². The van der Waals surface area contributed by atoms with Gasteiger partial charge >= 0.3 is 5.97 Å². The van der Waals surface area contributed by atoms with Crippen molar-refractivity contribution in [3.63, 3.8) is 0 Å². The molecule has 0 aliphatic heterocycles. The number of hydrogen-bond acceptors (Lipinski definition) is 4. The minimum Gasteiger partial charge on any atom is -0.462 e. The molecule has 0 aliphatic carbocycles. The lowest BCUT2D eigenvalue weighted by atomic mass is 10.1. The molecule has 0 bridgehead atoms. The number of rotatable bonds is 5. The van der Waals surface area contributed by atoms with E-state index in [2.05, 4.69) is 4.72 Å². The van der Waals surface area contributed by atoms with Crippen LogP contribution in [0.4, 0.5) is 5.69 Å². The lowest BCUT2D eigenvalue weighted by molar-refractivity contribution is 0.0526. The van der Waals surface area contributed by atoms with Crippen molar-refractivity contribution in [1.29, 1.82) is 0 Å². The SMILES string of the molecule is CCOC(=O)c1ccc(NS(=O)(=O)c2ccc3ccccc3c2)cc1Cl. The van der Waals surface area contributed by atoms with Gasteiger partial charge in [0.05, 0.1) is 27.8 Å². The summed E-state index contributed by atoms with van der Waals surface area (Å²) in [5, 5.41) is 1.89. The number of carbonyl (C=O) groups is 1. The summed E-state index contributed by atoms with van der Waals surface area (Å²) < 4.78 is 32.6. The second kappa shape index (κ2) is 7.35. The van der Waals surface area contributed by atoms with E-state index in [0.717, 1.165) is 10.8 Å². The lowest BCUT2D eigenvalue weighted by Crippen LogP contribution is -2.13. The van der Waals surface area contributed by atoms with E-state index in [1.165, 1.54) is 18.2 Å². The highest BCUT2D eigenvalue weighted by Gasteiger charge is 2.17. The third-order valence-electron chi connectivity index (χ3n) is 3.75. The van der Waals surface area contributed by atoms with Gasteiger partial charge in [-0.1, -0.05) is 41.9 Å². The molecule has 1 N–H and O–H groups in total. The topological polar surface area (TPSA) is 72.5 Å². The Morgan fingerprint density at radius 1 is 1.04 bits per heavy atom. The number of sulfonamides is 1. The van der Waals surface area contributed by atoms with Gasteiger partial charge < -0.3 is 4.74 Å². The molecular formula is C19H16ClNO4S. The first-order chi connectivity index (χ1) is 12.4. The molecule has 3 rings (SSSR count). The number of ether oxygens (including phenoxy) is 1. The number of halogens is 1. The molecule has 134 valence electrons. The highest BCUT2D eigenvalue weighted by Crippen LogP contribution is 2.25. The van der Waals surface area contributed by atoms with Crippen molar-refractivity contribution in [2.24, 2.45) is 0 Å². The first kappa shape index (κ1) is 18.2. The highest BCUT2D eigenvalue weighted by atomic mass is 35.5. The molecule has 0 radical (unpaired) electrons. The molecule has 0 atom stereocenters. The molecule has 5 nitrogen and oxygen atoms in total. The van der Waals surface area contributed by atoms with Gasteiger partial charge in [0, 0.05) is 0 Å². The van der Waals surface area contributed by atoms with Crippen molar-refractivity contribution < 1.29 is 17.9 Å². The molecule has 7 heteroatoms. The van der Waals surface area contributed by atoms with E-state index in [-0.39, 0.29) is 27.8 Å². The number of fused-ring (bicyclic) bond motifs is 1. The maximum Gasteiger partial charge on any atom is 0.339 e. The zero-order chi connectivity index (χ0) is 18.7. The molecule has 0 heterocycles. The average molecular weight is 390 g/mol. The van der Waals surface area contributed by atoms with E-state index in [1.807, 2.05) is 24.3 Å². The summed E-state index contributed by atoms with van der Waals surface area (Å²) in [6.45, 7) is 1.92. The fraction of sp³-hybridized carbons (Fsp3) is 0.105. The molecule has 0 aliphatic rings. The quantitative estimate of drug-likeness (QED) is 0.653. The maximum absolute atomic E-state index is 12.6. The van der Waals surface area contributed by atoms with Crippen molar-refractivity contribution in [3.8, 4) is 0 Å². The number of esters is 1. The van der Waals surface area contributed by atoms with Crippen molar-refractivity contribution in [3.05, 3.63) is 71.2 Å². The summed E-state index contributed by atoms with van der Waals surface area (Å²) in [7, 11) is -3.79. The summed E-state index contributed by atoms with van der Waals surface area (Å²) in [6, 6.07) is 16.7. The maximum atomic E-state index is 12.6. The van der Waals surface area contributed by atoms with E-state index >= 15 is 0 Å². The van der Waals surface area contributed by atoms with Crippen LogP contribution in [-0.4, -0.2) is 21.0 Å². The first-order valence-corrected chi connectivity index (χ1v) is 9.75. The zero-order valence-corrected chi connectivity index (χ0v) is 15.5. The Labute approximate surface area is 156 Å². The number of nitrogens with one attached hydrogen (secondary N) is 1. The number of benzene rings is 3. The van der Waals surface area contributed by atoms with Gasteiger partial charge in [-0.05, 0) is 48.0 Å². The second-order valence-corrected chi connectivity index (χ2v) is 7.62. The smallest absolute Gasteiger partial charge is 0.339 e. The van der Waals surface area contributed by atoms with Gasteiger partial charge in [0.2, 0.25) is 0 Å². The van der Waals surface area contributed by atoms with Crippen LogP contribution >= 0.6 is 11.6 Å². The van der Waals surface area contributed by atoms with Crippen LogP contribution in [0.1, 0.15) is 17.3 Å². The molecular weight excluding hydrogens is 374 g/mol. The van der Waals surface area contributed by atoms with Gasteiger partial charge in [-0.3, -0.25) is 4.72 Å². The Morgan fingerprint density at radius 3 is 2.46 bits per heavy atom. The molecule has 0 unspecified atom stereocenters. The van der Waals surface area contributed by atoms with E-state index in [4.69, 9.17) is 16.3 Å². The monoisotopic (exact) mass is 389 g/mol. The van der Waals surface area contributed by atoms with Crippen molar-refractivity contribution >= 4 is 44.1 Å². The Balaban J connectivity index is 1.89. The summed E-state index contributed by atoms with van der Waals surface area (Å²) >= 11 is 6.08. The van der Waals surface area contributed by atoms with E-state index < -0.39 is 16.0 Å². The Kier molecular flexibility index (Phi) is 5.15. The Bertz CT molecular complexity index is 1080. The molecule has 0 aromatic heterocycles. The summed E-state index contributed by atoms with van der Waals surface area (Å²) in [4.78, 5) is 11.9. The van der Waals surface area contributed by atoms with Crippen molar-refractivity contribution in [2.75, 3.05) is 11.3 Å². The molecule has 0 amide bonds. The van der Waals surface area contributed by atoms with E-state index in [1.54, 1.807) is 25.1 Å². The van der Waals surface area contributed by atoms with Gasteiger partial charge in [-0.15, -0.1) is 0 Å². The van der Waals surface area contributed by atoms with Crippen LogP contribution in [0.15, 0.2) is 65.6 Å². The number of anilines is 1. The number of carbonyl (C=O) groups excluding carboxylic acids is 1. The van der Waals surface area contributed by atoms with Gasteiger partial charge in [-0.2, -0.15) is 0 Å². The standard InChI is InChI=1S/C19H16ClNO4S/c1-2-25-19(22)17-10-8-15(12-18(17)20)21-26(23,24)16-9-7-13-5-3-4-6-14(13)11-16/h3-12,21H,2H2,1H3. The van der Waals surface area contributed by atoms with E-state index in [9.17, 15) is 13.2 Å². The molecule has 0 saturated carbocycles. The Hall–Kier alpha value is -2.57. The molecule has 26 heavy (non-hydrogen) atoms. The van der Waals surface area contributed by atoms with Gasteiger partial charge in [0.15, 0.2) is 0 Å². The van der Waals surface area contributed by atoms with Crippen LogP contribution in [0.5, 0.6) is 0 Å². The van der Waals surface area contributed by atoms with Crippen LogP contribution in [0.2, 0.25) is 5.02 Å². The molecule has 0 fully saturated rings. The lowest BCUT2D eigenvalue weighted by Gasteiger charge is -2.11. The average Bonchev–Trinajstić information content (AvgIpc) is 2.61. The predicted octanol–water partition coefficient (Wildman–Crippen LogP) is 4.47. The first-order valence-electron chi connectivity index (χ1n) is 7.89. The summed E-state index contributed by atoms with van der Waals surface area (Å²) in [5.74, 6) is -0.554. The van der Waals surface area contributed by atoms with Gasteiger partial charge in [0.1, 0.15) is 0 Å². The van der Waals surface area contributed by atoms with Gasteiger partial charge in [0.25, 0.3) is 10.0 Å². The molecule has 3 aromatic rings. The number of hydrogen-bond donors (Lipinski definition) is 1. The third-order valence-corrected chi connectivity index (χ3v) is 5.44. The molecule has 0 saturated heterocycles. The largest absolute Gasteiger partial charge is 0.462 e. The van der Waals surface area contributed by atoms with Crippen LogP contribution in [0.25, 0.3) is 10.8 Å². The van der Waals surface area contributed by atoms with Crippen molar-refractivity contribution in [2.45, 2.75) is 11.8 Å². The van der Waals surface area contributed by atoms with Crippen LogP contribution in [0.3, 0.4) is 0 Å². The predicted molar refractivity (Wildman–Crippen MR) is 102 cm³/mol. The normalized spacial score (nSPS) is 11.3. The minimum atomic E-state index is -3.79. The summed E-state index contributed by atoms with van der Waals surface area (Å²) in [6.07, 6.45) is 0. The second-order valence-electron chi connectivity index (χ2n) is 5.53. The molecule has 3 aromatic carbocycles. The van der Waals surface area contributed by atoms with E-state index in [0.29, 0.717) is 0 Å². The fourth-order valence-corrected chi connectivity index (χ4v) is 3.84. The zero-order valence-electron chi connectivity index (χ0n) is 13.9. The minimum absolute atomic E-state index is 0.113. The van der Waals surface area contributed by atoms with Crippen molar-refractivity contribution in [1.82, 2.24) is 0 Å². The Morgan fingerprint density at radius 2 is 1.77 bits per heavy atom. The highest BCUT2D eigenvalue weighted by molar-refractivity contribution is 7.92.